The first-order chi connectivity index (χ1) is 8.17. The molecule has 0 saturated heterocycles. The van der Waals surface area contributed by atoms with Gasteiger partial charge >= 0.3 is 0 Å². The van der Waals surface area contributed by atoms with Crippen LogP contribution in [0.2, 0.25) is 0 Å². The second kappa shape index (κ2) is 9.13. The van der Waals surface area contributed by atoms with Crippen LogP contribution < -0.4 is 5.32 Å². The van der Waals surface area contributed by atoms with Gasteiger partial charge in [-0.3, -0.25) is 4.99 Å². The zero-order chi connectivity index (χ0) is 12.7. The summed E-state index contributed by atoms with van der Waals surface area (Å²) in [5.74, 6) is 0.646. The van der Waals surface area contributed by atoms with E-state index in [1.807, 2.05) is 31.9 Å². The van der Waals surface area contributed by atoms with Crippen LogP contribution in [0.1, 0.15) is 19.4 Å². The molecule has 0 aliphatic carbocycles. The summed E-state index contributed by atoms with van der Waals surface area (Å²) >= 11 is 0. The molecule has 3 nitrogen and oxygen atoms in total. The summed E-state index contributed by atoms with van der Waals surface area (Å²) in [7, 11) is 1.95. The van der Waals surface area contributed by atoms with Crippen molar-refractivity contribution in [2.45, 2.75) is 20.4 Å². The van der Waals surface area contributed by atoms with E-state index in [1.165, 1.54) is 6.07 Å². The summed E-state index contributed by atoms with van der Waals surface area (Å²) in [6, 6.07) is 6.64. The molecule has 0 heterocycles. The molecule has 102 valence electrons. The van der Waals surface area contributed by atoms with Crippen LogP contribution in [0.5, 0.6) is 0 Å². The second-order valence-electron chi connectivity index (χ2n) is 3.81. The van der Waals surface area contributed by atoms with Gasteiger partial charge in [0.05, 0.1) is 0 Å². The quantitative estimate of drug-likeness (QED) is 0.505. The van der Waals surface area contributed by atoms with Gasteiger partial charge < -0.3 is 10.2 Å². The fraction of sp³-hybridized carbons (Fsp3) is 0.462. The van der Waals surface area contributed by atoms with Crippen molar-refractivity contribution in [3.63, 3.8) is 0 Å². The van der Waals surface area contributed by atoms with Crippen molar-refractivity contribution in [3.05, 3.63) is 35.6 Å². The Morgan fingerprint density at radius 3 is 2.67 bits per heavy atom. The predicted molar refractivity (Wildman–Crippen MR) is 84.9 cm³/mol. The molecule has 1 N–H and O–H groups in total. The van der Waals surface area contributed by atoms with Crippen molar-refractivity contribution in [2.24, 2.45) is 4.99 Å². The van der Waals surface area contributed by atoms with Gasteiger partial charge in [0, 0.05) is 26.7 Å². The Morgan fingerprint density at radius 2 is 2.11 bits per heavy atom. The van der Waals surface area contributed by atoms with Crippen LogP contribution in [0.4, 0.5) is 4.39 Å². The van der Waals surface area contributed by atoms with Gasteiger partial charge in [-0.2, -0.15) is 0 Å². The van der Waals surface area contributed by atoms with Gasteiger partial charge in [0.1, 0.15) is 5.82 Å². The first kappa shape index (κ1) is 17.2. The van der Waals surface area contributed by atoms with Gasteiger partial charge in [-0.1, -0.05) is 12.1 Å². The molecule has 0 saturated carbocycles. The minimum Gasteiger partial charge on any atom is -0.357 e. The molecule has 1 rings (SSSR count). The van der Waals surface area contributed by atoms with E-state index < -0.39 is 0 Å². The Kier molecular flexibility index (Phi) is 8.70. The molecule has 1 aromatic rings. The molecule has 0 radical (unpaired) electrons. The smallest absolute Gasteiger partial charge is 0.193 e. The highest BCUT2D eigenvalue weighted by molar-refractivity contribution is 14.0. The van der Waals surface area contributed by atoms with E-state index in [4.69, 9.17) is 0 Å². The number of hydrogen-bond donors (Lipinski definition) is 1. The first-order valence-corrected chi connectivity index (χ1v) is 5.91. The third-order valence-corrected chi connectivity index (χ3v) is 2.31. The second-order valence-corrected chi connectivity index (χ2v) is 3.81. The maximum atomic E-state index is 13.1. The molecule has 5 heteroatoms. The van der Waals surface area contributed by atoms with Crippen LogP contribution in [0, 0.1) is 5.82 Å². The van der Waals surface area contributed by atoms with E-state index in [0.29, 0.717) is 6.54 Å². The van der Waals surface area contributed by atoms with Gasteiger partial charge in [0.25, 0.3) is 0 Å². The Morgan fingerprint density at radius 1 is 1.39 bits per heavy atom. The van der Waals surface area contributed by atoms with E-state index in [-0.39, 0.29) is 29.8 Å². The highest BCUT2D eigenvalue weighted by Gasteiger charge is 2.06. The zero-order valence-corrected chi connectivity index (χ0v) is 13.4. The molecule has 0 amide bonds. The summed E-state index contributed by atoms with van der Waals surface area (Å²) in [5, 5.41) is 3.20. The molecule has 0 aliphatic rings. The number of nitrogens with one attached hydrogen (secondary N) is 1. The summed E-state index contributed by atoms with van der Waals surface area (Å²) in [6.45, 7) is 6.22. The monoisotopic (exact) mass is 365 g/mol. The van der Waals surface area contributed by atoms with Crippen LogP contribution in [0.3, 0.4) is 0 Å². The van der Waals surface area contributed by atoms with E-state index in [1.54, 1.807) is 12.1 Å². The Balaban J connectivity index is 0.00000289. The number of halogens is 2. The molecule has 0 aromatic heterocycles. The lowest BCUT2D eigenvalue weighted by molar-refractivity contribution is 0.475. The standard InChI is InChI=1S/C13H20FN3.HI/c1-4-15-13(16-5-2)17(3)10-11-7-6-8-12(14)9-11;/h6-9H,4-5,10H2,1-3H3,(H,15,16);1H. The van der Waals surface area contributed by atoms with Crippen LogP contribution in [-0.2, 0) is 6.54 Å². The molecule has 1 aromatic carbocycles. The average molecular weight is 365 g/mol. The molecular weight excluding hydrogens is 344 g/mol. The summed E-state index contributed by atoms with van der Waals surface area (Å²) in [4.78, 5) is 6.36. The largest absolute Gasteiger partial charge is 0.357 e. The number of aliphatic imine (C=N–C) groups is 1. The lowest BCUT2D eigenvalue weighted by Gasteiger charge is -2.22. The van der Waals surface area contributed by atoms with Crippen LogP contribution in [-0.4, -0.2) is 31.0 Å². The Hall–Kier alpha value is -0.850. The minimum absolute atomic E-state index is 0. The maximum Gasteiger partial charge on any atom is 0.193 e. The number of rotatable bonds is 4. The molecule has 18 heavy (non-hydrogen) atoms. The van der Waals surface area contributed by atoms with Gasteiger partial charge in [-0.15, -0.1) is 24.0 Å². The minimum atomic E-state index is -0.201. The van der Waals surface area contributed by atoms with Crippen LogP contribution >= 0.6 is 24.0 Å². The number of nitrogens with zero attached hydrogens (tertiary/aromatic N) is 2. The van der Waals surface area contributed by atoms with E-state index in [9.17, 15) is 4.39 Å². The van der Waals surface area contributed by atoms with Crippen molar-refractivity contribution in [3.8, 4) is 0 Å². The van der Waals surface area contributed by atoms with Crippen LogP contribution in [0.25, 0.3) is 0 Å². The molecule has 0 aliphatic heterocycles. The van der Waals surface area contributed by atoms with Gasteiger partial charge in [-0.25, -0.2) is 4.39 Å². The number of hydrogen-bond acceptors (Lipinski definition) is 1. The fourth-order valence-electron chi connectivity index (χ4n) is 1.60. The molecule has 0 atom stereocenters. The van der Waals surface area contributed by atoms with Gasteiger partial charge in [-0.05, 0) is 31.5 Å². The first-order valence-electron chi connectivity index (χ1n) is 5.91. The Labute approximate surface area is 126 Å². The zero-order valence-electron chi connectivity index (χ0n) is 11.1. The van der Waals surface area contributed by atoms with Crippen molar-refractivity contribution in [1.29, 1.82) is 0 Å². The van der Waals surface area contributed by atoms with Crippen LogP contribution in [0.15, 0.2) is 29.3 Å². The number of benzene rings is 1. The summed E-state index contributed by atoms with van der Waals surface area (Å²) < 4.78 is 13.1. The van der Waals surface area contributed by atoms with Crippen molar-refractivity contribution in [2.75, 3.05) is 20.1 Å². The highest BCUT2D eigenvalue weighted by Crippen LogP contribution is 2.06. The van der Waals surface area contributed by atoms with E-state index >= 15 is 0 Å². The molecule has 0 unspecified atom stereocenters. The Bertz CT molecular complexity index is 382. The normalized spacial score (nSPS) is 10.8. The van der Waals surface area contributed by atoms with Gasteiger partial charge in [0.15, 0.2) is 5.96 Å². The van der Waals surface area contributed by atoms with Crippen molar-refractivity contribution < 1.29 is 4.39 Å². The van der Waals surface area contributed by atoms with Crippen molar-refractivity contribution in [1.82, 2.24) is 10.2 Å². The van der Waals surface area contributed by atoms with E-state index in [0.717, 1.165) is 24.6 Å². The van der Waals surface area contributed by atoms with E-state index in [2.05, 4.69) is 10.3 Å². The predicted octanol–water partition coefficient (Wildman–Crippen LogP) is 2.86. The third kappa shape index (κ3) is 5.66. The average Bonchev–Trinajstić information content (AvgIpc) is 2.28. The number of guanidine groups is 1. The van der Waals surface area contributed by atoms with Crippen molar-refractivity contribution >= 4 is 29.9 Å². The summed E-state index contributed by atoms with van der Waals surface area (Å²) in [5.41, 5.74) is 0.939. The highest BCUT2D eigenvalue weighted by atomic mass is 127. The summed E-state index contributed by atoms with van der Waals surface area (Å²) in [6.07, 6.45) is 0. The van der Waals surface area contributed by atoms with Gasteiger partial charge in [0.2, 0.25) is 0 Å². The third-order valence-electron chi connectivity index (χ3n) is 2.31. The maximum absolute atomic E-state index is 13.1. The lowest BCUT2D eigenvalue weighted by atomic mass is 10.2. The fourth-order valence-corrected chi connectivity index (χ4v) is 1.60. The molecular formula is C13H21FIN3. The molecule has 0 bridgehead atoms. The molecule has 0 fully saturated rings. The molecule has 0 spiro atoms. The topological polar surface area (TPSA) is 27.6 Å². The lowest BCUT2D eigenvalue weighted by Crippen LogP contribution is -2.38. The SMILES string of the molecule is CCN=C(NCC)N(C)Cc1cccc(F)c1.I.